The van der Waals surface area contributed by atoms with Gasteiger partial charge in [-0.1, -0.05) is 56.7 Å². The largest absolute Gasteiger partial charge is 0.515 e. The van der Waals surface area contributed by atoms with E-state index in [0.29, 0.717) is 5.75 Å². The van der Waals surface area contributed by atoms with Crippen LogP contribution in [-0.4, -0.2) is 12.3 Å². The zero-order chi connectivity index (χ0) is 14.6. The number of carbonyl (C=O) groups is 1. The lowest BCUT2D eigenvalue weighted by Crippen LogP contribution is -2.19. The minimum atomic E-state index is -0.692. The van der Waals surface area contributed by atoms with Gasteiger partial charge in [-0.3, -0.25) is 0 Å². The Morgan fingerprint density at radius 3 is 2.60 bits per heavy atom. The fourth-order valence-electron chi connectivity index (χ4n) is 1.68. The second-order valence-electron chi connectivity index (χ2n) is 4.44. The van der Waals surface area contributed by atoms with E-state index in [9.17, 15) is 4.79 Å². The van der Waals surface area contributed by atoms with E-state index in [1.54, 1.807) is 24.3 Å². The van der Waals surface area contributed by atoms with Gasteiger partial charge in [-0.05, 0) is 25.0 Å². The summed E-state index contributed by atoms with van der Waals surface area (Å²) in [7, 11) is 0. The molecule has 1 atom stereocenters. The van der Waals surface area contributed by atoms with Gasteiger partial charge in [0.2, 0.25) is 0 Å². The van der Waals surface area contributed by atoms with Crippen molar-refractivity contribution in [2.45, 2.75) is 52.1 Å². The van der Waals surface area contributed by atoms with Crippen molar-refractivity contribution in [3.63, 3.8) is 0 Å². The molecule has 0 aliphatic heterocycles. The Morgan fingerprint density at radius 1 is 1.20 bits per heavy atom. The van der Waals surface area contributed by atoms with Crippen LogP contribution in [0.1, 0.15) is 46.0 Å². The number of rotatable bonds is 6. The molecule has 0 saturated carbocycles. The molecule has 20 heavy (non-hydrogen) atoms. The first-order valence-electron chi connectivity index (χ1n) is 7.18. The molecule has 0 aliphatic carbocycles. The van der Waals surface area contributed by atoms with Crippen LogP contribution >= 0.6 is 0 Å². The van der Waals surface area contributed by atoms with E-state index in [1.165, 1.54) is 0 Å². The van der Waals surface area contributed by atoms with E-state index < -0.39 is 6.16 Å². The first-order chi connectivity index (χ1) is 9.76. The zero-order valence-electron chi connectivity index (χ0n) is 12.2. The standard InChI is InChI=1S/C17H22O3/c1-3-5-8-12-15(11-6-4-2)19-17(18)20-16-13-9-7-10-14-16/h7,9-10,13-15H,3-5,8,12H2,1-2H3. The third kappa shape index (κ3) is 6.84. The molecule has 0 aromatic heterocycles. The van der Waals surface area contributed by atoms with Crippen LogP contribution < -0.4 is 4.74 Å². The van der Waals surface area contributed by atoms with Crippen LogP contribution in [0, 0.1) is 11.8 Å². The predicted molar refractivity (Wildman–Crippen MR) is 79.5 cm³/mol. The molecule has 1 rings (SSSR count). The molecule has 0 N–H and O–H groups in total. The minimum absolute atomic E-state index is 0.377. The first kappa shape index (κ1) is 16.1. The molecule has 108 valence electrons. The summed E-state index contributed by atoms with van der Waals surface area (Å²) in [6, 6.07) is 8.89. The second kappa shape index (κ2) is 9.91. The SMILES string of the molecule is CCC#CC(CCCCC)OC(=O)Oc1ccccc1. The molecule has 0 amide bonds. The molecule has 1 unspecified atom stereocenters. The van der Waals surface area contributed by atoms with Crippen LogP contribution in [0.25, 0.3) is 0 Å². The van der Waals surface area contributed by atoms with Crippen LogP contribution in [0.3, 0.4) is 0 Å². The van der Waals surface area contributed by atoms with Crippen molar-refractivity contribution in [1.82, 2.24) is 0 Å². The van der Waals surface area contributed by atoms with E-state index in [-0.39, 0.29) is 6.10 Å². The summed E-state index contributed by atoms with van der Waals surface area (Å²) < 4.78 is 10.4. The molecule has 0 bridgehead atoms. The molecular weight excluding hydrogens is 252 g/mol. The van der Waals surface area contributed by atoms with Crippen molar-refractivity contribution in [1.29, 1.82) is 0 Å². The first-order valence-corrected chi connectivity index (χ1v) is 7.18. The Bertz CT molecular complexity index is 442. The van der Waals surface area contributed by atoms with Crippen LogP contribution in [0.4, 0.5) is 4.79 Å². The number of carbonyl (C=O) groups excluding carboxylic acids is 1. The summed E-state index contributed by atoms with van der Waals surface area (Å²) in [5, 5.41) is 0. The fraction of sp³-hybridized carbons (Fsp3) is 0.471. The van der Waals surface area contributed by atoms with Gasteiger partial charge < -0.3 is 9.47 Å². The number of benzene rings is 1. The summed E-state index contributed by atoms with van der Waals surface area (Å²) in [4.78, 5) is 11.7. The highest BCUT2D eigenvalue weighted by atomic mass is 16.7. The number of hydrogen-bond donors (Lipinski definition) is 0. The third-order valence-electron chi connectivity index (χ3n) is 2.69. The van der Waals surface area contributed by atoms with E-state index in [1.807, 2.05) is 13.0 Å². The van der Waals surface area contributed by atoms with Gasteiger partial charge in [-0.2, -0.15) is 0 Å². The van der Waals surface area contributed by atoms with Gasteiger partial charge in [0.1, 0.15) is 5.75 Å². The van der Waals surface area contributed by atoms with Gasteiger partial charge >= 0.3 is 6.16 Å². The Labute approximate surface area is 121 Å². The van der Waals surface area contributed by atoms with Gasteiger partial charge in [0.25, 0.3) is 0 Å². The van der Waals surface area contributed by atoms with Crippen molar-refractivity contribution in [2.24, 2.45) is 0 Å². The van der Waals surface area contributed by atoms with Gasteiger partial charge in [0, 0.05) is 6.42 Å². The maximum atomic E-state index is 11.7. The van der Waals surface area contributed by atoms with Crippen LogP contribution in [-0.2, 0) is 4.74 Å². The fourth-order valence-corrected chi connectivity index (χ4v) is 1.68. The Hall–Kier alpha value is -1.95. The highest BCUT2D eigenvalue weighted by Crippen LogP contribution is 2.12. The topological polar surface area (TPSA) is 35.5 Å². The molecule has 0 aliphatic rings. The maximum Gasteiger partial charge on any atom is 0.515 e. The number of unbranched alkanes of at least 4 members (excludes halogenated alkanes) is 2. The summed E-state index contributed by atoms with van der Waals surface area (Å²) in [5.41, 5.74) is 0. The molecule has 3 heteroatoms. The lowest BCUT2D eigenvalue weighted by Gasteiger charge is -2.12. The van der Waals surface area contributed by atoms with Crippen molar-refractivity contribution in [3.8, 4) is 17.6 Å². The average Bonchev–Trinajstić information content (AvgIpc) is 2.45. The van der Waals surface area contributed by atoms with Crippen LogP contribution in [0.5, 0.6) is 5.75 Å². The predicted octanol–water partition coefficient (Wildman–Crippen LogP) is 4.56. The van der Waals surface area contributed by atoms with E-state index in [2.05, 4.69) is 18.8 Å². The quantitative estimate of drug-likeness (QED) is 0.330. The van der Waals surface area contributed by atoms with Crippen molar-refractivity contribution < 1.29 is 14.3 Å². The molecule has 0 fully saturated rings. The molecule has 1 aromatic rings. The smallest absolute Gasteiger partial charge is 0.417 e. The van der Waals surface area contributed by atoms with Gasteiger partial charge in [0.15, 0.2) is 6.10 Å². The zero-order valence-corrected chi connectivity index (χ0v) is 12.2. The molecule has 0 heterocycles. The van der Waals surface area contributed by atoms with Crippen LogP contribution in [0.15, 0.2) is 30.3 Å². The lowest BCUT2D eigenvalue weighted by molar-refractivity contribution is 0.0755. The maximum absolute atomic E-state index is 11.7. The Kier molecular flexibility index (Phi) is 7.98. The second-order valence-corrected chi connectivity index (χ2v) is 4.44. The van der Waals surface area contributed by atoms with Crippen LogP contribution in [0.2, 0.25) is 0 Å². The van der Waals surface area contributed by atoms with Gasteiger partial charge in [0.05, 0.1) is 0 Å². The summed E-state index contributed by atoms with van der Waals surface area (Å²) in [5.74, 6) is 6.41. The minimum Gasteiger partial charge on any atom is -0.417 e. The molecule has 1 aromatic carbocycles. The van der Waals surface area contributed by atoms with Crippen molar-refractivity contribution in [2.75, 3.05) is 0 Å². The normalized spacial score (nSPS) is 11.1. The highest BCUT2D eigenvalue weighted by molar-refractivity contribution is 5.64. The molecular formula is C17H22O3. The van der Waals surface area contributed by atoms with Crippen molar-refractivity contribution >= 4 is 6.16 Å². The van der Waals surface area contributed by atoms with E-state index >= 15 is 0 Å². The number of ether oxygens (including phenoxy) is 2. The Morgan fingerprint density at radius 2 is 1.95 bits per heavy atom. The van der Waals surface area contributed by atoms with Crippen molar-refractivity contribution in [3.05, 3.63) is 30.3 Å². The third-order valence-corrected chi connectivity index (χ3v) is 2.69. The van der Waals surface area contributed by atoms with E-state index in [0.717, 1.165) is 32.1 Å². The number of para-hydroxylation sites is 1. The summed E-state index contributed by atoms with van der Waals surface area (Å²) in [6.07, 6.45) is 3.68. The average molecular weight is 274 g/mol. The molecule has 0 radical (unpaired) electrons. The lowest BCUT2D eigenvalue weighted by atomic mass is 10.1. The monoisotopic (exact) mass is 274 g/mol. The number of hydrogen-bond acceptors (Lipinski definition) is 3. The van der Waals surface area contributed by atoms with Gasteiger partial charge in [-0.25, -0.2) is 4.79 Å². The highest BCUT2D eigenvalue weighted by Gasteiger charge is 2.13. The van der Waals surface area contributed by atoms with E-state index in [4.69, 9.17) is 9.47 Å². The molecule has 0 saturated heterocycles. The summed E-state index contributed by atoms with van der Waals surface area (Å²) >= 11 is 0. The molecule has 3 nitrogen and oxygen atoms in total. The van der Waals surface area contributed by atoms with Gasteiger partial charge in [-0.15, -0.1) is 0 Å². The summed E-state index contributed by atoms with van der Waals surface area (Å²) in [6.45, 7) is 4.11. The molecule has 0 spiro atoms. The Balaban J connectivity index is 2.48.